The van der Waals surface area contributed by atoms with Gasteiger partial charge in [-0.05, 0) is 24.6 Å². The molecule has 0 aliphatic heterocycles. The highest BCUT2D eigenvalue weighted by Gasteiger charge is 2.06. The average molecular weight is 203 g/mol. The van der Waals surface area contributed by atoms with Gasteiger partial charge in [0, 0.05) is 5.69 Å². The zero-order valence-corrected chi connectivity index (χ0v) is 8.29. The minimum atomic E-state index is -0.548. The van der Waals surface area contributed by atoms with Crippen LogP contribution in [0.15, 0.2) is 18.2 Å². The Hall–Kier alpha value is -2.07. The lowest BCUT2D eigenvalue weighted by atomic mass is 10.2. The SMILES string of the molecule is CCC(C#N)Nc1ccc(F)c(C#N)c1. The molecule has 0 amide bonds. The third kappa shape index (κ3) is 2.69. The first-order valence-corrected chi connectivity index (χ1v) is 4.57. The lowest BCUT2D eigenvalue weighted by Gasteiger charge is -2.10. The van der Waals surface area contributed by atoms with Crippen molar-refractivity contribution in [2.75, 3.05) is 5.32 Å². The molecule has 0 bridgehead atoms. The van der Waals surface area contributed by atoms with E-state index in [9.17, 15) is 4.39 Å². The van der Waals surface area contributed by atoms with Crippen molar-refractivity contribution in [1.82, 2.24) is 0 Å². The fraction of sp³-hybridized carbons (Fsp3) is 0.273. The molecule has 0 saturated carbocycles. The molecule has 1 unspecified atom stereocenters. The van der Waals surface area contributed by atoms with Gasteiger partial charge in [0.15, 0.2) is 0 Å². The van der Waals surface area contributed by atoms with E-state index in [-0.39, 0.29) is 11.6 Å². The van der Waals surface area contributed by atoms with Gasteiger partial charge in [-0.1, -0.05) is 6.92 Å². The minimum Gasteiger partial charge on any atom is -0.370 e. The number of hydrogen-bond acceptors (Lipinski definition) is 3. The largest absolute Gasteiger partial charge is 0.370 e. The Balaban J connectivity index is 2.89. The van der Waals surface area contributed by atoms with E-state index in [1.807, 2.05) is 6.92 Å². The molecule has 76 valence electrons. The molecule has 0 fully saturated rings. The fourth-order valence-corrected chi connectivity index (χ4v) is 1.13. The Labute approximate surface area is 87.8 Å². The Morgan fingerprint density at radius 2 is 2.20 bits per heavy atom. The molecule has 1 rings (SSSR count). The second-order valence-corrected chi connectivity index (χ2v) is 3.04. The van der Waals surface area contributed by atoms with Crippen molar-refractivity contribution in [3.63, 3.8) is 0 Å². The number of hydrogen-bond donors (Lipinski definition) is 1. The first kappa shape index (κ1) is 11.0. The molecule has 4 heteroatoms. The molecule has 0 aromatic heterocycles. The summed E-state index contributed by atoms with van der Waals surface area (Å²) in [6.07, 6.45) is 0.649. The molecule has 1 aromatic carbocycles. The van der Waals surface area contributed by atoms with E-state index in [2.05, 4.69) is 11.4 Å². The van der Waals surface area contributed by atoms with Crippen LogP contribution in [0, 0.1) is 28.5 Å². The fourth-order valence-electron chi connectivity index (χ4n) is 1.13. The van der Waals surface area contributed by atoms with Crippen LogP contribution in [0.2, 0.25) is 0 Å². The molecule has 1 atom stereocenters. The molecule has 0 aliphatic rings. The van der Waals surface area contributed by atoms with Crippen LogP contribution in [0.1, 0.15) is 18.9 Å². The summed E-state index contributed by atoms with van der Waals surface area (Å²) in [6, 6.07) is 7.62. The zero-order chi connectivity index (χ0) is 11.3. The van der Waals surface area contributed by atoms with Crippen molar-refractivity contribution in [3.8, 4) is 12.1 Å². The van der Waals surface area contributed by atoms with Gasteiger partial charge in [-0.15, -0.1) is 0 Å². The summed E-state index contributed by atoms with van der Waals surface area (Å²) in [6.45, 7) is 1.87. The number of anilines is 1. The number of benzene rings is 1. The summed E-state index contributed by atoms with van der Waals surface area (Å²) in [4.78, 5) is 0. The number of nitrogens with one attached hydrogen (secondary N) is 1. The van der Waals surface area contributed by atoms with Gasteiger partial charge >= 0.3 is 0 Å². The third-order valence-corrected chi connectivity index (χ3v) is 1.99. The maximum absolute atomic E-state index is 13.0. The zero-order valence-electron chi connectivity index (χ0n) is 8.29. The van der Waals surface area contributed by atoms with E-state index in [1.54, 1.807) is 6.07 Å². The van der Waals surface area contributed by atoms with Crippen molar-refractivity contribution in [2.24, 2.45) is 0 Å². The number of nitriles is 2. The van der Waals surface area contributed by atoms with E-state index in [4.69, 9.17) is 10.5 Å². The van der Waals surface area contributed by atoms with E-state index in [0.717, 1.165) is 0 Å². The van der Waals surface area contributed by atoms with E-state index < -0.39 is 5.82 Å². The Morgan fingerprint density at radius 3 is 2.73 bits per heavy atom. The highest BCUT2D eigenvalue weighted by Crippen LogP contribution is 2.15. The summed E-state index contributed by atoms with van der Waals surface area (Å²) in [5, 5.41) is 20.2. The van der Waals surface area contributed by atoms with Crippen LogP contribution in [-0.4, -0.2) is 6.04 Å². The molecule has 1 aromatic rings. The molecule has 0 saturated heterocycles. The van der Waals surface area contributed by atoms with Gasteiger partial charge in [0.25, 0.3) is 0 Å². The highest BCUT2D eigenvalue weighted by molar-refractivity contribution is 5.51. The topological polar surface area (TPSA) is 59.6 Å². The van der Waals surface area contributed by atoms with E-state index in [1.165, 1.54) is 18.2 Å². The molecule has 3 nitrogen and oxygen atoms in total. The van der Waals surface area contributed by atoms with Crippen molar-refractivity contribution in [1.29, 1.82) is 10.5 Å². The monoisotopic (exact) mass is 203 g/mol. The van der Waals surface area contributed by atoms with Crippen LogP contribution in [0.5, 0.6) is 0 Å². The van der Waals surface area contributed by atoms with Crippen molar-refractivity contribution in [2.45, 2.75) is 19.4 Å². The van der Waals surface area contributed by atoms with Crippen LogP contribution in [0.3, 0.4) is 0 Å². The highest BCUT2D eigenvalue weighted by atomic mass is 19.1. The molecule has 0 spiro atoms. The summed E-state index contributed by atoms with van der Waals surface area (Å²) < 4.78 is 13.0. The lowest BCUT2D eigenvalue weighted by molar-refractivity contribution is 0.624. The standard InChI is InChI=1S/C11H10FN3/c1-2-9(7-14)15-10-3-4-11(12)8(5-10)6-13/h3-5,9,15H,2H2,1H3. The number of rotatable bonds is 3. The normalized spacial score (nSPS) is 11.2. The van der Waals surface area contributed by atoms with Crippen LogP contribution < -0.4 is 5.32 Å². The number of halogens is 1. The smallest absolute Gasteiger partial charge is 0.141 e. The molecule has 1 N–H and O–H groups in total. The molecule has 15 heavy (non-hydrogen) atoms. The lowest BCUT2D eigenvalue weighted by Crippen LogP contribution is -2.15. The van der Waals surface area contributed by atoms with Gasteiger partial charge < -0.3 is 5.32 Å². The second kappa shape index (κ2) is 4.97. The summed E-state index contributed by atoms with van der Waals surface area (Å²) in [5.41, 5.74) is 0.564. The third-order valence-electron chi connectivity index (χ3n) is 1.99. The summed E-state index contributed by atoms with van der Waals surface area (Å²) >= 11 is 0. The van der Waals surface area contributed by atoms with Gasteiger partial charge in [-0.3, -0.25) is 0 Å². The van der Waals surface area contributed by atoms with Gasteiger partial charge in [-0.25, -0.2) is 4.39 Å². The predicted octanol–water partition coefficient (Wildman–Crippen LogP) is 2.41. The summed E-state index contributed by atoms with van der Waals surface area (Å²) in [5.74, 6) is -0.548. The molecule has 0 heterocycles. The summed E-state index contributed by atoms with van der Waals surface area (Å²) in [7, 11) is 0. The Morgan fingerprint density at radius 1 is 1.47 bits per heavy atom. The second-order valence-electron chi connectivity index (χ2n) is 3.04. The van der Waals surface area contributed by atoms with Crippen LogP contribution in [0.25, 0.3) is 0 Å². The van der Waals surface area contributed by atoms with Crippen LogP contribution >= 0.6 is 0 Å². The van der Waals surface area contributed by atoms with Crippen LogP contribution in [0.4, 0.5) is 10.1 Å². The van der Waals surface area contributed by atoms with Crippen molar-refractivity contribution in [3.05, 3.63) is 29.6 Å². The number of nitrogens with zero attached hydrogens (tertiary/aromatic N) is 2. The average Bonchev–Trinajstić information content (AvgIpc) is 2.28. The maximum atomic E-state index is 13.0. The molecular formula is C11H10FN3. The first-order chi connectivity index (χ1) is 7.21. The molecule has 0 aliphatic carbocycles. The van der Waals surface area contributed by atoms with Gasteiger partial charge in [0.1, 0.15) is 17.9 Å². The maximum Gasteiger partial charge on any atom is 0.141 e. The van der Waals surface area contributed by atoms with E-state index >= 15 is 0 Å². The van der Waals surface area contributed by atoms with E-state index in [0.29, 0.717) is 12.1 Å². The van der Waals surface area contributed by atoms with Gasteiger partial charge in [0.2, 0.25) is 0 Å². The van der Waals surface area contributed by atoms with Gasteiger partial charge in [-0.2, -0.15) is 10.5 Å². The van der Waals surface area contributed by atoms with Crippen molar-refractivity contribution < 1.29 is 4.39 Å². The van der Waals surface area contributed by atoms with Crippen molar-refractivity contribution >= 4 is 5.69 Å². The molecule has 0 radical (unpaired) electrons. The van der Waals surface area contributed by atoms with Crippen LogP contribution in [-0.2, 0) is 0 Å². The first-order valence-electron chi connectivity index (χ1n) is 4.57. The Bertz CT molecular complexity index is 428. The Kier molecular flexibility index (Phi) is 3.65. The molecular weight excluding hydrogens is 193 g/mol. The van der Waals surface area contributed by atoms with Gasteiger partial charge in [0.05, 0.1) is 11.6 Å². The quantitative estimate of drug-likeness (QED) is 0.820. The minimum absolute atomic E-state index is 0.0206. The predicted molar refractivity (Wildman–Crippen MR) is 54.4 cm³/mol.